The predicted molar refractivity (Wildman–Crippen MR) is 68.5 cm³/mol. The quantitative estimate of drug-likeness (QED) is 0.923. The van der Waals surface area contributed by atoms with Crippen LogP contribution in [0.3, 0.4) is 0 Å². The largest absolute Gasteiger partial charge is 0.479 e. The zero-order valence-corrected chi connectivity index (χ0v) is 11.5. The van der Waals surface area contributed by atoms with Crippen molar-refractivity contribution in [2.24, 2.45) is 0 Å². The number of hydrogen-bond donors (Lipinski definition) is 1. The molecule has 2 atom stereocenters. The minimum atomic E-state index is -1.52. The Morgan fingerprint density at radius 1 is 1.38 bits per heavy atom. The van der Waals surface area contributed by atoms with Crippen LogP contribution in [0.2, 0.25) is 0 Å². The molecule has 114 valence electrons. The highest BCUT2D eigenvalue weighted by Crippen LogP contribution is 2.35. The topological polar surface area (TPSA) is 66.8 Å². The van der Waals surface area contributed by atoms with Crippen molar-refractivity contribution in [2.75, 3.05) is 6.61 Å². The highest BCUT2D eigenvalue weighted by atomic mass is 19.1. The van der Waals surface area contributed by atoms with E-state index in [1.54, 1.807) is 13.8 Å². The van der Waals surface area contributed by atoms with Gasteiger partial charge in [-0.1, -0.05) is 6.07 Å². The number of rotatable bonds is 3. The van der Waals surface area contributed by atoms with Gasteiger partial charge in [0.1, 0.15) is 24.3 Å². The van der Waals surface area contributed by atoms with Crippen molar-refractivity contribution in [1.29, 1.82) is 0 Å². The molecule has 0 aromatic heterocycles. The number of halogens is 2. The highest BCUT2D eigenvalue weighted by Gasteiger charge is 2.45. The molecule has 2 rings (SSSR count). The molecule has 1 heterocycles. The number of nitrogens with zero attached hydrogens (tertiary/aromatic N) is 1. The van der Waals surface area contributed by atoms with Gasteiger partial charge in [0.05, 0.1) is 0 Å². The van der Waals surface area contributed by atoms with Gasteiger partial charge in [0.25, 0.3) is 0 Å². The van der Waals surface area contributed by atoms with Crippen molar-refractivity contribution < 1.29 is 28.2 Å². The van der Waals surface area contributed by atoms with Crippen LogP contribution in [0.4, 0.5) is 8.78 Å². The van der Waals surface area contributed by atoms with Crippen LogP contribution in [0.25, 0.3) is 0 Å². The first-order valence-corrected chi connectivity index (χ1v) is 6.44. The zero-order valence-electron chi connectivity index (χ0n) is 11.5. The number of carbonyl (C=O) groups is 2. The maximum atomic E-state index is 14.0. The number of aliphatic carboxylic acids is 1. The van der Waals surface area contributed by atoms with E-state index in [-0.39, 0.29) is 0 Å². The normalized spacial score (nSPS) is 22.7. The maximum absolute atomic E-state index is 14.0. The first kappa shape index (κ1) is 15.4. The summed E-state index contributed by atoms with van der Waals surface area (Å²) in [7, 11) is 0. The molecule has 1 amide bonds. The molecule has 0 saturated carbocycles. The molecule has 1 N–H and O–H groups in total. The summed E-state index contributed by atoms with van der Waals surface area (Å²) in [5.41, 5.74) is -0.466. The molecule has 1 saturated heterocycles. The Morgan fingerprint density at radius 2 is 1.95 bits per heavy atom. The molecule has 1 aromatic carbocycles. The van der Waals surface area contributed by atoms with Gasteiger partial charge in [-0.2, -0.15) is 0 Å². The fourth-order valence-electron chi connectivity index (χ4n) is 2.53. The molecule has 0 bridgehead atoms. The summed E-state index contributed by atoms with van der Waals surface area (Å²) in [5, 5.41) is 9.23. The average molecular weight is 299 g/mol. The Kier molecular flexibility index (Phi) is 4.22. The van der Waals surface area contributed by atoms with Crippen molar-refractivity contribution in [3.63, 3.8) is 0 Å². The van der Waals surface area contributed by atoms with Crippen molar-refractivity contribution in [3.05, 3.63) is 35.4 Å². The van der Waals surface area contributed by atoms with Crippen LogP contribution in [-0.2, 0) is 14.3 Å². The van der Waals surface area contributed by atoms with Gasteiger partial charge in [0, 0.05) is 11.6 Å². The maximum Gasteiger partial charge on any atom is 0.335 e. The van der Waals surface area contributed by atoms with Crippen LogP contribution in [0.1, 0.15) is 25.5 Å². The first-order valence-electron chi connectivity index (χ1n) is 6.44. The van der Waals surface area contributed by atoms with E-state index in [0.717, 1.165) is 17.0 Å². The van der Waals surface area contributed by atoms with Gasteiger partial charge in [0.15, 0.2) is 6.10 Å². The number of carboxylic acids is 1. The van der Waals surface area contributed by atoms with Gasteiger partial charge >= 0.3 is 5.97 Å². The highest BCUT2D eigenvalue weighted by molar-refractivity contribution is 5.83. The van der Waals surface area contributed by atoms with Crippen molar-refractivity contribution in [3.8, 4) is 0 Å². The van der Waals surface area contributed by atoms with Crippen molar-refractivity contribution in [2.45, 2.75) is 32.0 Å². The van der Waals surface area contributed by atoms with Crippen LogP contribution >= 0.6 is 0 Å². The summed E-state index contributed by atoms with van der Waals surface area (Å²) in [6.07, 6.45) is -1.52. The number of carboxylic acid groups (broad SMARTS) is 1. The molecule has 1 aromatic rings. The Balaban J connectivity index is 2.60. The summed E-state index contributed by atoms with van der Waals surface area (Å²) in [4.78, 5) is 24.5. The van der Waals surface area contributed by atoms with Crippen LogP contribution in [0, 0.1) is 11.6 Å². The van der Waals surface area contributed by atoms with Crippen molar-refractivity contribution >= 4 is 11.9 Å². The Hall–Kier alpha value is -2.02. The van der Waals surface area contributed by atoms with Gasteiger partial charge in [-0.3, -0.25) is 4.79 Å². The van der Waals surface area contributed by atoms with Crippen LogP contribution in [-0.4, -0.2) is 40.6 Å². The Labute approximate surface area is 120 Å². The lowest BCUT2D eigenvalue weighted by molar-refractivity contribution is -0.175. The molecule has 0 spiro atoms. The molecule has 2 unspecified atom stereocenters. The van der Waals surface area contributed by atoms with Gasteiger partial charge in [-0.25, -0.2) is 13.6 Å². The summed E-state index contributed by atoms with van der Waals surface area (Å²) in [5.74, 6) is -3.69. The van der Waals surface area contributed by atoms with Crippen molar-refractivity contribution in [1.82, 2.24) is 4.90 Å². The average Bonchev–Trinajstić information content (AvgIpc) is 2.37. The van der Waals surface area contributed by atoms with Gasteiger partial charge < -0.3 is 14.7 Å². The minimum Gasteiger partial charge on any atom is -0.479 e. The molecule has 5 nitrogen and oxygen atoms in total. The summed E-state index contributed by atoms with van der Waals surface area (Å²) < 4.78 is 33.0. The fraction of sp³-hybridized carbons (Fsp3) is 0.429. The van der Waals surface area contributed by atoms with E-state index >= 15 is 0 Å². The zero-order chi connectivity index (χ0) is 15.7. The number of amides is 1. The lowest BCUT2D eigenvalue weighted by Gasteiger charge is -2.41. The van der Waals surface area contributed by atoms with Gasteiger partial charge in [-0.05, 0) is 26.0 Å². The van der Waals surface area contributed by atoms with E-state index < -0.39 is 53.9 Å². The van der Waals surface area contributed by atoms with Gasteiger partial charge in [-0.15, -0.1) is 0 Å². The van der Waals surface area contributed by atoms with E-state index in [4.69, 9.17) is 4.74 Å². The van der Waals surface area contributed by atoms with E-state index in [2.05, 4.69) is 0 Å². The van der Waals surface area contributed by atoms with Crippen LogP contribution in [0.15, 0.2) is 18.2 Å². The van der Waals surface area contributed by atoms with E-state index in [0.29, 0.717) is 0 Å². The second kappa shape index (κ2) is 5.77. The molecule has 0 radical (unpaired) electrons. The summed E-state index contributed by atoms with van der Waals surface area (Å²) >= 11 is 0. The van der Waals surface area contributed by atoms with Crippen LogP contribution < -0.4 is 0 Å². The lowest BCUT2D eigenvalue weighted by Crippen LogP contribution is -2.54. The smallest absolute Gasteiger partial charge is 0.335 e. The molecule has 0 aliphatic carbocycles. The predicted octanol–water partition coefficient (Wildman–Crippen LogP) is 1.73. The number of ether oxygens (including phenoxy) is 1. The first-order chi connectivity index (χ1) is 9.84. The number of morpholine rings is 1. The number of carbonyl (C=O) groups excluding carboxylic acids is 1. The fourth-order valence-corrected chi connectivity index (χ4v) is 2.53. The third-order valence-corrected chi connectivity index (χ3v) is 3.36. The molecule has 21 heavy (non-hydrogen) atoms. The Morgan fingerprint density at radius 3 is 2.43 bits per heavy atom. The van der Waals surface area contributed by atoms with E-state index in [1.165, 1.54) is 6.07 Å². The molecular weight excluding hydrogens is 284 g/mol. The minimum absolute atomic E-state index is 0.424. The number of hydrogen-bond acceptors (Lipinski definition) is 3. The molecule has 1 fully saturated rings. The molecule has 7 heteroatoms. The van der Waals surface area contributed by atoms with Crippen LogP contribution in [0.5, 0.6) is 0 Å². The van der Waals surface area contributed by atoms with E-state index in [1.807, 2.05) is 0 Å². The standard InChI is InChI=1S/C14H15F2NO4/c1-7(2)17-10(18)6-21-13(14(19)20)12(17)11-8(15)4-3-5-9(11)16/h3-5,7,12-13H,6H2,1-2H3,(H,19,20). The lowest BCUT2D eigenvalue weighted by atomic mass is 9.95. The third-order valence-electron chi connectivity index (χ3n) is 3.36. The van der Waals surface area contributed by atoms with E-state index in [9.17, 15) is 23.5 Å². The summed E-state index contributed by atoms with van der Waals surface area (Å²) in [6.45, 7) is 2.86. The third kappa shape index (κ3) is 2.73. The van der Waals surface area contributed by atoms with Gasteiger partial charge in [0.2, 0.25) is 5.91 Å². The molecule has 1 aliphatic rings. The summed E-state index contributed by atoms with van der Waals surface area (Å²) in [6, 6.07) is 1.45. The number of benzene rings is 1. The second-order valence-corrected chi connectivity index (χ2v) is 5.04. The monoisotopic (exact) mass is 299 g/mol. The second-order valence-electron chi connectivity index (χ2n) is 5.04. The SMILES string of the molecule is CC(C)N1C(=O)COC(C(=O)O)C1c1c(F)cccc1F. The molecule has 1 aliphatic heterocycles. The molecular formula is C14H15F2NO4. The Bertz CT molecular complexity index is 556.